The molecule has 8 heteroatoms. The van der Waals surface area contributed by atoms with E-state index in [2.05, 4.69) is 16.1 Å². The van der Waals surface area contributed by atoms with E-state index in [-0.39, 0.29) is 42.3 Å². The molecule has 0 radical (unpaired) electrons. The van der Waals surface area contributed by atoms with Crippen LogP contribution in [0.2, 0.25) is 0 Å². The van der Waals surface area contributed by atoms with Crippen LogP contribution < -0.4 is 10.3 Å². The van der Waals surface area contributed by atoms with Crippen LogP contribution in [0.3, 0.4) is 0 Å². The van der Waals surface area contributed by atoms with Gasteiger partial charge in [0.05, 0.1) is 12.6 Å². The standard InChI is InChI=1S/C22H27N5O3/c1-17(2)20(16-23)25-10-12-26(13-11-25)22(29)19-8-9-21(28)27(24-19)14-15-30-18-6-4-3-5-7-18/h3-9,17,20H,10-15H2,1-2H3. The molecule has 0 saturated carbocycles. The lowest BCUT2D eigenvalue weighted by Crippen LogP contribution is -2.53. The maximum absolute atomic E-state index is 12.9. The van der Waals surface area contributed by atoms with E-state index in [1.165, 1.54) is 16.8 Å². The number of carbonyl (C=O) groups excluding carboxylic acids is 1. The Labute approximate surface area is 176 Å². The van der Waals surface area contributed by atoms with E-state index in [9.17, 15) is 14.9 Å². The summed E-state index contributed by atoms with van der Waals surface area (Å²) in [5.41, 5.74) is -0.0368. The van der Waals surface area contributed by atoms with Gasteiger partial charge in [-0.25, -0.2) is 4.68 Å². The molecule has 158 valence electrons. The second-order valence-corrected chi connectivity index (χ2v) is 7.59. The summed E-state index contributed by atoms with van der Waals surface area (Å²) in [7, 11) is 0. The number of rotatable bonds is 7. The number of hydrogen-bond donors (Lipinski definition) is 0. The Morgan fingerprint density at radius 2 is 1.83 bits per heavy atom. The SMILES string of the molecule is CC(C)C(C#N)N1CCN(C(=O)c2ccc(=O)n(CCOc3ccccc3)n2)CC1. The third-order valence-corrected chi connectivity index (χ3v) is 5.16. The largest absolute Gasteiger partial charge is 0.492 e. The lowest BCUT2D eigenvalue weighted by molar-refractivity contribution is 0.0568. The van der Waals surface area contributed by atoms with Gasteiger partial charge < -0.3 is 9.64 Å². The first kappa shape index (κ1) is 21.5. The highest BCUT2D eigenvalue weighted by molar-refractivity contribution is 5.92. The smallest absolute Gasteiger partial charge is 0.274 e. The molecule has 30 heavy (non-hydrogen) atoms. The summed E-state index contributed by atoms with van der Waals surface area (Å²) in [5, 5.41) is 13.6. The molecule has 1 aromatic heterocycles. The Hall–Kier alpha value is -3.18. The van der Waals surface area contributed by atoms with Gasteiger partial charge in [0.25, 0.3) is 11.5 Å². The van der Waals surface area contributed by atoms with E-state index in [0.717, 1.165) is 0 Å². The monoisotopic (exact) mass is 409 g/mol. The van der Waals surface area contributed by atoms with Crippen LogP contribution in [0.1, 0.15) is 24.3 Å². The number of amides is 1. The zero-order valence-corrected chi connectivity index (χ0v) is 17.4. The average molecular weight is 409 g/mol. The van der Waals surface area contributed by atoms with E-state index in [4.69, 9.17) is 4.74 Å². The van der Waals surface area contributed by atoms with Gasteiger partial charge in [-0.3, -0.25) is 14.5 Å². The molecule has 3 rings (SSSR count). The van der Waals surface area contributed by atoms with Gasteiger partial charge >= 0.3 is 0 Å². The molecule has 0 bridgehead atoms. The van der Waals surface area contributed by atoms with Crippen LogP contribution in [0.15, 0.2) is 47.3 Å². The number of nitriles is 1. The molecule has 0 aliphatic carbocycles. The van der Waals surface area contributed by atoms with Crippen LogP contribution in [0.4, 0.5) is 0 Å². The van der Waals surface area contributed by atoms with Crippen LogP contribution >= 0.6 is 0 Å². The molecule has 1 aliphatic rings. The Morgan fingerprint density at radius 1 is 1.13 bits per heavy atom. The van der Waals surface area contributed by atoms with E-state index in [0.29, 0.717) is 31.9 Å². The number of hydrogen-bond acceptors (Lipinski definition) is 6. The molecule has 1 saturated heterocycles. The number of carbonyl (C=O) groups is 1. The van der Waals surface area contributed by atoms with Crippen molar-refractivity contribution in [1.29, 1.82) is 5.26 Å². The molecular weight excluding hydrogens is 382 g/mol. The van der Waals surface area contributed by atoms with Gasteiger partial charge in [-0.15, -0.1) is 0 Å². The van der Waals surface area contributed by atoms with Gasteiger partial charge in [0.1, 0.15) is 24.1 Å². The Morgan fingerprint density at radius 3 is 2.47 bits per heavy atom. The van der Waals surface area contributed by atoms with Crippen LogP contribution in [0.5, 0.6) is 5.75 Å². The van der Waals surface area contributed by atoms with Crippen molar-refractivity contribution < 1.29 is 9.53 Å². The van der Waals surface area contributed by atoms with Crippen LogP contribution in [-0.2, 0) is 6.54 Å². The fraction of sp³-hybridized carbons (Fsp3) is 0.455. The predicted molar refractivity (Wildman–Crippen MR) is 112 cm³/mol. The third-order valence-electron chi connectivity index (χ3n) is 5.16. The predicted octanol–water partition coefficient (Wildman–Crippen LogP) is 1.63. The fourth-order valence-corrected chi connectivity index (χ4v) is 3.51. The maximum atomic E-state index is 12.9. The van der Waals surface area contributed by atoms with Crippen molar-refractivity contribution in [2.75, 3.05) is 32.8 Å². The van der Waals surface area contributed by atoms with Crippen molar-refractivity contribution in [2.24, 2.45) is 5.92 Å². The number of nitrogens with zero attached hydrogens (tertiary/aromatic N) is 5. The Kier molecular flexibility index (Phi) is 7.20. The van der Waals surface area contributed by atoms with Crippen molar-refractivity contribution in [3.63, 3.8) is 0 Å². The number of aromatic nitrogens is 2. The second kappa shape index (κ2) is 10.0. The molecule has 1 aromatic carbocycles. The molecule has 1 amide bonds. The zero-order valence-electron chi connectivity index (χ0n) is 17.4. The number of benzene rings is 1. The molecule has 0 spiro atoms. The molecule has 1 aliphatic heterocycles. The highest BCUT2D eigenvalue weighted by atomic mass is 16.5. The fourth-order valence-electron chi connectivity index (χ4n) is 3.51. The number of para-hydroxylation sites is 1. The molecule has 8 nitrogen and oxygen atoms in total. The minimum atomic E-state index is -0.276. The Balaban J connectivity index is 1.59. The summed E-state index contributed by atoms with van der Waals surface area (Å²) >= 11 is 0. The van der Waals surface area contributed by atoms with Gasteiger partial charge in [-0.2, -0.15) is 10.4 Å². The highest BCUT2D eigenvalue weighted by Crippen LogP contribution is 2.14. The van der Waals surface area contributed by atoms with Crippen LogP contribution in [0, 0.1) is 17.2 Å². The molecule has 1 atom stereocenters. The van der Waals surface area contributed by atoms with E-state index in [1.807, 2.05) is 44.2 Å². The lowest BCUT2D eigenvalue weighted by Gasteiger charge is -2.38. The minimum absolute atomic E-state index is 0.146. The summed E-state index contributed by atoms with van der Waals surface area (Å²) in [4.78, 5) is 28.8. The first-order valence-corrected chi connectivity index (χ1v) is 10.2. The minimum Gasteiger partial charge on any atom is -0.492 e. The third kappa shape index (κ3) is 5.24. The van der Waals surface area contributed by atoms with Gasteiger partial charge in [0.15, 0.2) is 0 Å². The maximum Gasteiger partial charge on any atom is 0.274 e. The molecular formula is C22H27N5O3. The summed E-state index contributed by atoms with van der Waals surface area (Å²) in [6.45, 7) is 6.93. The molecule has 1 fully saturated rings. The quantitative estimate of drug-likeness (QED) is 0.690. The van der Waals surface area contributed by atoms with E-state index >= 15 is 0 Å². The Bertz CT molecular complexity index is 943. The van der Waals surface area contributed by atoms with Gasteiger partial charge in [-0.05, 0) is 24.1 Å². The molecule has 2 heterocycles. The average Bonchev–Trinajstić information content (AvgIpc) is 2.76. The van der Waals surface area contributed by atoms with Crippen LogP contribution in [0.25, 0.3) is 0 Å². The topological polar surface area (TPSA) is 91.5 Å². The number of ether oxygens (including phenoxy) is 1. The van der Waals surface area contributed by atoms with E-state index in [1.54, 1.807) is 4.90 Å². The van der Waals surface area contributed by atoms with E-state index < -0.39 is 0 Å². The first-order valence-electron chi connectivity index (χ1n) is 10.2. The second-order valence-electron chi connectivity index (χ2n) is 7.59. The van der Waals surface area contributed by atoms with Gasteiger partial charge in [-0.1, -0.05) is 32.0 Å². The summed E-state index contributed by atoms with van der Waals surface area (Å²) in [6, 6.07) is 14.4. The lowest BCUT2D eigenvalue weighted by atomic mass is 10.0. The van der Waals surface area contributed by atoms with Crippen molar-refractivity contribution >= 4 is 5.91 Å². The normalized spacial score (nSPS) is 15.6. The number of piperazine rings is 1. The summed E-state index contributed by atoms with van der Waals surface area (Å²) in [6.07, 6.45) is 0. The van der Waals surface area contributed by atoms with Gasteiger partial charge in [0, 0.05) is 32.2 Å². The molecule has 1 unspecified atom stereocenters. The van der Waals surface area contributed by atoms with Crippen molar-refractivity contribution in [2.45, 2.75) is 26.4 Å². The molecule has 0 N–H and O–H groups in total. The zero-order chi connectivity index (χ0) is 21.5. The van der Waals surface area contributed by atoms with Crippen molar-refractivity contribution in [3.8, 4) is 11.8 Å². The van der Waals surface area contributed by atoms with Crippen molar-refractivity contribution in [1.82, 2.24) is 19.6 Å². The summed E-state index contributed by atoms with van der Waals surface area (Å²) < 4.78 is 6.88. The summed E-state index contributed by atoms with van der Waals surface area (Å²) in [5.74, 6) is 0.749. The highest BCUT2D eigenvalue weighted by Gasteiger charge is 2.28. The van der Waals surface area contributed by atoms with Crippen LogP contribution in [-0.4, -0.2) is 64.3 Å². The molecule has 2 aromatic rings. The van der Waals surface area contributed by atoms with Crippen molar-refractivity contribution in [3.05, 3.63) is 58.5 Å². The first-order chi connectivity index (χ1) is 14.5. The van der Waals surface area contributed by atoms with Gasteiger partial charge in [0.2, 0.25) is 0 Å².